The van der Waals surface area contributed by atoms with E-state index < -0.39 is 12.6 Å². The summed E-state index contributed by atoms with van der Waals surface area (Å²) in [7, 11) is 4.54. The van der Waals surface area contributed by atoms with Crippen molar-refractivity contribution in [2.24, 2.45) is 0 Å². The first-order chi connectivity index (χ1) is 17.9. The first-order valence-corrected chi connectivity index (χ1v) is 11.9. The minimum Gasteiger partial charge on any atom is -0.493 e. The summed E-state index contributed by atoms with van der Waals surface area (Å²) in [6.07, 6.45) is 1.59. The van der Waals surface area contributed by atoms with Crippen LogP contribution in [0.25, 0.3) is 0 Å². The standard InChI is InChI=1S/C29H33NO7/c1-20(10-11-21-8-6-5-7-9-21)30(18-22-12-14-24(15-13-22)37-19-27(31)32)29(33)23-16-25(34-2)28(36-4)26(17-23)35-3/h5-9,12-17,20H,10-11,18-19H2,1-4H3,(H,31,32). The fourth-order valence-electron chi connectivity index (χ4n) is 4.01. The summed E-state index contributed by atoms with van der Waals surface area (Å²) in [5.41, 5.74) is 2.51. The summed E-state index contributed by atoms with van der Waals surface area (Å²) in [4.78, 5) is 26.5. The largest absolute Gasteiger partial charge is 0.493 e. The van der Waals surface area contributed by atoms with Crippen LogP contribution in [0, 0.1) is 0 Å². The highest BCUT2D eigenvalue weighted by atomic mass is 16.5. The van der Waals surface area contributed by atoms with Gasteiger partial charge in [0, 0.05) is 18.2 Å². The maximum atomic E-state index is 13.9. The maximum absolute atomic E-state index is 13.9. The number of aryl methyl sites for hydroxylation is 1. The van der Waals surface area contributed by atoms with E-state index in [1.165, 1.54) is 26.9 Å². The van der Waals surface area contributed by atoms with Gasteiger partial charge in [0.25, 0.3) is 5.91 Å². The second-order valence-electron chi connectivity index (χ2n) is 8.55. The van der Waals surface area contributed by atoms with Crippen LogP contribution in [0.3, 0.4) is 0 Å². The number of hydrogen-bond donors (Lipinski definition) is 1. The average Bonchev–Trinajstić information content (AvgIpc) is 2.93. The van der Waals surface area contributed by atoms with Crippen molar-refractivity contribution in [3.8, 4) is 23.0 Å². The minimum absolute atomic E-state index is 0.0882. The monoisotopic (exact) mass is 507 g/mol. The summed E-state index contributed by atoms with van der Waals surface area (Å²) >= 11 is 0. The van der Waals surface area contributed by atoms with E-state index in [4.69, 9.17) is 24.1 Å². The number of carboxylic acids is 1. The summed E-state index contributed by atoms with van der Waals surface area (Å²) in [6.45, 7) is 1.97. The van der Waals surface area contributed by atoms with E-state index in [-0.39, 0.29) is 11.9 Å². The van der Waals surface area contributed by atoms with Crippen LogP contribution in [-0.2, 0) is 17.8 Å². The number of hydrogen-bond acceptors (Lipinski definition) is 6. The molecule has 0 saturated carbocycles. The zero-order chi connectivity index (χ0) is 26.8. The number of ether oxygens (including phenoxy) is 4. The van der Waals surface area contributed by atoms with Crippen molar-refractivity contribution in [3.63, 3.8) is 0 Å². The Balaban J connectivity index is 1.88. The molecule has 1 unspecified atom stereocenters. The fourth-order valence-corrected chi connectivity index (χ4v) is 4.01. The molecule has 196 valence electrons. The molecule has 0 aromatic heterocycles. The van der Waals surface area contributed by atoms with Crippen LogP contribution in [0.1, 0.15) is 34.8 Å². The van der Waals surface area contributed by atoms with E-state index >= 15 is 0 Å². The molecule has 0 spiro atoms. The van der Waals surface area contributed by atoms with Crippen molar-refractivity contribution in [2.75, 3.05) is 27.9 Å². The van der Waals surface area contributed by atoms with Crippen molar-refractivity contribution < 1.29 is 33.6 Å². The SMILES string of the molecule is COc1cc(C(=O)N(Cc2ccc(OCC(=O)O)cc2)C(C)CCc2ccccc2)cc(OC)c1OC. The Morgan fingerprint density at radius 2 is 1.49 bits per heavy atom. The summed E-state index contributed by atoms with van der Waals surface area (Å²) in [6, 6.07) is 20.4. The average molecular weight is 508 g/mol. The third kappa shape index (κ3) is 7.39. The van der Waals surface area contributed by atoms with Crippen molar-refractivity contribution >= 4 is 11.9 Å². The first kappa shape index (κ1) is 27.4. The second kappa shape index (κ2) is 13.2. The molecule has 8 nitrogen and oxygen atoms in total. The summed E-state index contributed by atoms with van der Waals surface area (Å²) in [5.74, 6) is 0.460. The lowest BCUT2D eigenvalue weighted by molar-refractivity contribution is -0.139. The highest BCUT2D eigenvalue weighted by molar-refractivity contribution is 5.96. The van der Waals surface area contributed by atoms with E-state index in [1.807, 2.05) is 42.2 Å². The van der Waals surface area contributed by atoms with Crippen molar-refractivity contribution in [1.82, 2.24) is 4.90 Å². The number of nitrogens with zero attached hydrogens (tertiary/aromatic N) is 1. The number of amides is 1. The smallest absolute Gasteiger partial charge is 0.341 e. The second-order valence-corrected chi connectivity index (χ2v) is 8.55. The molecule has 1 N–H and O–H groups in total. The lowest BCUT2D eigenvalue weighted by Crippen LogP contribution is -2.38. The molecule has 37 heavy (non-hydrogen) atoms. The number of carbonyl (C=O) groups excluding carboxylic acids is 1. The molecule has 0 radical (unpaired) electrons. The lowest BCUT2D eigenvalue weighted by atomic mass is 10.0. The Hall–Kier alpha value is -4.20. The topological polar surface area (TPSA) is 94.5 Å². The molecular weight excluding hydrogens is 474 g/mol. The van der Waals surface area contributed by atoms with E-state index in [0.29, 0.717) is 35.1 Å². The number of carboxylic acid groups (broad SMARTS) is 1. The molecule has 0 bridgehead atoms. The van der Waals surface area contributed by atoms with Gasteiger partial charge < -0.3 is 29.0 Å². The Labute approximate surface area is 217 Å². The molecule has 0 aliphatic heterocycles. The molecule has 0 saturated heterocycles. The van der Waals surface area contributed by atoms with E-state index in [2.05, 4.69) is 12.1 Å². The minimum atomic E-state index is -1.04. The van der Waals surface area contributed by atoms with Crippen LogP contribution in [0.15, 0.2) is 66.7 Å². The highest BCUT2D eigenvalue weighted by Gasteiger charge is 2.25. The molecule has 0 aliphatic rings. The Morgan fingerprint density at radius 3 is 2.03 bits per heavy atom. The Kier molecular flexibility index (Phi) is 9.77. The van der Waals surface area contributed by atoms with Crippen molar-refractivity contribution in [2.45, 2.75) is 32.4 Å². The van der Waals surface area contributed by atoms with Crippen LogP contribution in [0.2, 0.25) is 0 Å². The van der Waals surface area contributed by atoms with Gasteiger partial charge in [-0.1, -0.05) is 42.5 Å². The van der Waals surface area contributed by atoms with Crippen molar-refractivity contribution in [1.29, 1.82) is 0 Å². The van der Waals surface area contributed by atoms with Gasteiger partial charge in [-0.3, -0.25) is 4.79 Å². The molecule has 3 aromatic rings. The molecule has 8 heteroatoms. The van der Waals surface area contributed by atoms with Crippen molar-refractivity contribution in [3.05, 3.63) is 83.4 Å². The third-order valence-corrected chi connectivity index (χ3v) is 6.04. The molecule has 0 aliphatic carbocycles. The predicted octanol–water partition coefficient (Wildman–Crippen LogP) is 4.84. The number of methoxy groups -OCH3 is 3. The van der Waals surface area contributed by atoms with E-state index in [1.54, 1.807) is 24.3 Å². The normalized spacial score (nSPS) is 11.4. The van der Waals surface area contributed by atoms with Gasteiger partial charge in [-0.2, -0.15) is 0 Å². The molecular formula is C29H33NO7. The number of benzene rings is 3. The Morgan fingerprint density at radius 1 is 0.865 bits per heavy atom. The van der Waals surface area contributed by atoms with E-state index in [0.717, 1.165) is 18.4 Å². The summed E-state index contributed by atoms with van der Waals surface area (Å²) in [5, 5.41) is 8.82. The molecule has 1 amide bonds. The zero-order valence-electron chi connectivity index (χ0n) is 21.6. The van der Waals surface area contributed by atoms with Crippen LogP contribution < -0.4 is 18.9 Å². The number of rotatable bonds is 13. The van der Waals surface area contributed by atoms with Gasteiger partial charge in [0.15, 0.2) is 18.1 Å². The zero-order valence-corrected chi connectivity index (χ0v) is 21.6. The molecule has 3 rings (SSSR count). The highest BCUT2D eigenvalue weighted by Crippen LogP contribution is 2.38. The quantitative estimate of drug-likeness (QED) is 0.354. The van der Waals surface area contributed by atoms with Gasteiger partial charge >= 0.3 is 5.97 Å². The maximum Gasteiger partial charge on any atom is 0.341 e. The molecule has 0 heterocycles. The summed E-state index contributed by atoms with van der Waals surface area (Å²) < 4.78 is 21.5. The van der Waals surface area contributed by atoms with Gasteiger partial charge in [0.2, 0.25) is 5.75 Å². The van der Waals surface area contributed by atoms with Gasteiger partial charge in [0.1, 0.15) is 5.75 Å². The van der Waals surface area contributed by atoms with Gasteiger partial charge in [0.05, 0.1) is 21.3 Å². The van der Waals surface area contributed by atoms with Gasteiger partial charge in [-0.15, -0.1) is 0 Å². The van der Waals surface area contributed by atoms with Crippen LogP contribution in [0.4, 0.5) is 0 Å². The van der Waals surface area contributed by atoms with Crippen LogP contribution in [-0.4, -0.2) is 55.9 Å². The van der Waals surface area contributed by atoms with Crippen LogP contribution in [0.5, 0.6) is 23.0 Å². The third-order valence-electron chi connectivity index (χ3n) is 6.04. The molecule has 0 fully saturated rings. The first-order valence-electron chi connectivity index (χ1n) is 11.9. The predicted molar refractivity (Wildman–Crippen MR) is 140 cm³/mol. The van der Waals surface area contributed by atoms with Crippen LogP contribution >= 0.6 is 0 Å². The number of aliphatic carboxylic acids is 1. The molecule has 3 aromatic carbocycles. The Bertz CT molecular complexity index is 1150. The van der Waals surface area contributed by atoms with Gasteiger partial charge in [-0.05, 0) is 55.2 Å². The van der Waals surface area contributed by atoms with Gasteiger partial charge in [-0.25, -0.2) is 4.79 Å². The molecule has 1 atom stereocenters. The van der Waals surface area contributed by atoms with E-state index in [9.17, 15) is 9.59 Å². The fraction of sp³-hybridized carbons (Fsp3) is 0.310. The lowest BCUT2D eigenvalue weighted by Gasteiger charge is -2.30. The number of carbonyl (C=O) groups is 2.